The molecule has 0 N–H and O–H groups in total. The third-order valence-electron chi connectivity index (χ3n) is 6.81. The molecule has 2 fully saturated rings. The minimum absolute atomic E-state index is 0.0591. The minimum Gasteiger partial charge on any atom is -0.490 e. The van der Waals surface area contributed by atoms with Crippen molar-refractivity contribution in [3.63, 3.8) is 0 Å². The van der Waals surface area contributed by atoms with Crippen LogP contribution in [-0.2, 0) is 12.4 Å². The number of aromatic nitrogens is 1. The largest absolute Gasteiger partial charge is 0.490 e. The van der Waals surface area contributed by atoms with Crippen LogP contribution in [0.15, 0.2) is 66.9 Å². The molecule has 10 heteroatoms. The first-order valence-corrected chi connectivity index (χ1v) is 12.0. The number of fused-ring (bicyclic) bond motifs is 2. The first-order chi connectivity index (χ1) is 17.6. The smallest absolute Gasteiger partial charge is 0.417 e. The summed E-state index contributed by atoms with van der Waals surface area (Å²) in [5.41, 5.74) is -0.605. The predicted molar refractivity (Wildman–Crippen MR) is 124 cm³/mol. The first kappa shape index (κ1) is 25.4. The van der Waals surface area contributed by atoms with Gasteiger partial charge in [0.2, 0.25) is 5.88 Å². The summed E-state index contributed by atoms with van der Waals surface area (Å²) >= 11 is 0. The van der Waals surface area contributed by atoms with Gasteiger partial charge in [0.1, 0.15) is 11.9 Å². The third kappa shape index (κ3) is 5.69. The monoisotopic (exact) mass is 522 g/mol. The second-order valence-electron chi connectivity index (χ2n) is 9.36. The average Bonchev–Trinajstić information content (AvgIpc) is 2.84. The van der Waals surface area contributed by atoms with E-state index in [2.05, 4.69) is 4.98 Å². The van der Waals surface area contributed by atoms with E-state index in [1.165, 1.54) is 12.1 Å². The van der Waals surface area contributed by atoms with Crippen LogP contribution in [0, 0.1) is 0 Å². The van der Waals surface area contributed by atoms with Gasteiger partial charge in [-0.05, 0) is 42.7 Å². The van der Waals surface area contributed by atoms with Crippen molar-refractivity contribution < 1.29 is 35.9 Å². The van der Waals surface area contributed by atoms with E-state index in [-0.39, 0.29) is 24.1 Å². The molecule has 0 spiro atoms. The van der Waals surface area contributed by atoms with Gasteiger partial charge < -0.3 is 9.57 Å². The molecular weight excluding hydrogens is 498 g/mol. The molecule has 2 aromatic carbocycles. The molecule has 4 nitrogen and oxygen atoms in total. The van der Waals surface area contributed by atoms with E-state index in [9.17, 15) is 26.3 Å². The van der Waals surface area contributed by atoms with E-state index < -0.39 is 23.5 Å². The quantitative estimate of drug-likeness (QED) is 0.324. The normalized spacial score (nSPS) is 22.5. The van der Waals surface area contributed by atoms with Crippen LogP contribution < -0.4 is 9.57 Å². The van der Waals surface area contributed by atoms with E-state index in [0.29, 0.717) is 29.7 Å². The maximum Gasteiger partial charge on any atom is 0.417 e. The standard InChI is InChI=1S/C27H24F6N2O2/c28-26(29,30)18-9-11-24(23(13-18)17-5-2-1-3-6-17)36-22-14-20-7-4-8-21(15-22)35(20)37-25-12-10-19(16-34-25)27(31,32)33/h1-3,5-6,9-13,16,20-22H,4,7-8,14-15H2. The van der Waals surface area contributed by atoms with Crippen molar-refractivity contribution in [2.45, 2.75) is 62.6 Å². The summed E-state index contributed by atoms with van der Waals surface area (Å²) in [6.07, 6.45) is -4.77. The van der Waals surface area contributed by atoms with Crippen molar-refractivity contribution in [1.29, 1.82) is 0 Å². The molecule has 0 radical (unpaired) electrons. The van der Waals surface area contributed by atoms with Crippen LogP contribution in [0.5, 0.6) is 11.6 Å². The Kier molecular flexibility index (Phi) is 6.78. The Morgan fingerprint density at radius 2 is 1.43 bits per heavy atom. The van der Waals surface area contributed by atoms with E-state index in [0.717, 1.165) is 43.7 Å². The number of benzene rings is 2. The van der Waals surface area contributed by atoms with Gasteiger partial charge in [0.05, 0.1) is 11.1 Å². The van der Waals surface area contributed by atoms with E-state index in [1.54, 1.807) is 35.4 Å². The van der Waals surface area contributed by atoms with Gasteiger partial charge in [0, 0.05) is 42.8 Å². The summed E-state index contributed by atoms with van der Waals surface area (Å²) in [5, 5.41) is 1.80. The topological polar surface area (TPSA) is 34.6 Å². The molecule has 2 aliphatic rings. The van der Waals surface area contributed by atoms with Crippen molar-refractivity contribution in [2.75, 3.05) is 0 Å². The Morgan fingerprint density at radius 1 is 0.784 bits per heavy atom. The number of ether oxygens (including phenoxy) is 1. The number of hydrogen-bond donors (Lipinski definition) is 0. The minimum atomic E-state index is -4.48. The van der Waals surface area contributed by atoms with Gasteiger partial charge in [-0.2, -0.15) is 26.3 Å². The number of halogens is 6. The lowest BCUT2D eigenvalue weighted by atomic mass is 9.84. The van der Waals surface area contributed by atoms with Crippen LogP contribution in [0.3, 0.4) is 0 Å². The number of pyridine rings is 1. The number of alkyl halides is 6. The Hall–Kier alpha value is -3.27. The van der Waals surface area contributed by atoms with E-state index in [4.69, 9.17) is 9.57 Å². The van der Waals surface area contributed by atoms with Crippen molar-refractivity contribution in [3.05, 3.63) is 78.0 Å². The van der Waals surface area contributed by atoms with Gasteiger partial charge in [-0.15, -0.1) is 5.06 Å². The fourth-order valence-electron chi connectivity index (χ4n) is 5.08. The highest BCUT2D eigenvalue weighted by atomic mass is 19.4. The highest BCUT2D eigenvalue weighted by Crippen LogP contribution is 2.41. The summed E-state index contributed by atoms with van der Waals surface area (Å²) in [5.74, 6) is 0.458. The molecule has 3 heterocycles. The molecule has 2 bridgehead atoms. The van der Waals surface area contributed by atoms with Crippen molar-refractivity contribution in [2.24, 2.45) is 0 Å². The van der Waals surface area contributed by atoms with Crippen LogP contribution in [0.25, 0.3) is 11.1 Å². The Bertz CT molecular complexity index is 1200. The number of hydrogen-bond acceptors (Lipinski definition) is 4. The number of rotatable bonds is 5. The van der Waals surface area contributed by atoms with Crippen molar-refractivity contribution >= 4 is 0 Å². The predicted octanol–water partition coefficient (Wildman–Crippen LogP) is 7.54. The molecule has 2 saturated heterocycles. The fourth-order valence-corrected chi connectivity index (χ4v) is 5.08. The maximum atomic E-state index is 13.4. The lowest BCUT2D eigenvalue weighted by molar-refractivity contribution is -0.185. The molecule has 2 atom stereocenters. The number of piperidine rings is 2. The fraction of sp³-hybridized carbons (Fsp3) is 0.370. The second-order valence-corrected chi connectivity index (χ2v) is 9.36. The summed E-state index contributed by atoms with van der Waals surface area (Å²) in [7, 11) is 0. The molecule has 1 aromatic heterocycles. The second kappa shape index (κ2) is 9.89. The Balaban J connectivity index is 1.33. The summed E-state index contributed by atoms with van der Waals surface area (Å²) in [6.45, 7) is 0. The van der Waals surface area contributed by atoms with Crippen LogP contribution >= 0.6 is 0 Å². The molecule has 0 saturated carbocycles. The van der Waals surface area contributed by atoms with Crippen LogP contribution in [0.2, 0.25) is 0 Å². The molecule has 196 valence electrons. The average molecular weight is 522 g/mol. The Labute approximate surface area is 209 Å². The van der Waals surface area contributed by atoms with Crippen LogP contribution in [0.4, 0.5) is 26.3 Å². The van der Waals surface area contributed by atoms with Gasteiger partial charge in [0.15, 0.2) is 0 Å². The van der Waals surface area contributed by atoms with Gasteiger partial charge in [-0.25, -0.2) is 4.98 Å². The highest BCUT2D eigenvalue weighted by Gasteiger charge is 2.42. The van der Waals surface area contributed by atoms with Gasteiger partial charge in [0.25, 0.3) is 0 Å². The van der Waals surface area contributed by atoms with Crippen LogP contribution in [0.1, 0.15) is 43.2 Å². The molecule has 3 aromatic rings. The molecule has 2 unspecified atom stereocenters. The molecule has 0 aliphatic carbocycles. The molecule has 5 rings (SSSR count). The summed E-state index contributed by atoms with van der Waals surface area (Å²) < 4.78 is 85.1. The van der Waals surface area contributed by atoms with Gasteiger partial charge >= 0.3 is 12.4 Å². The van der Waals surface area contributed by atoms with Crippen molar-refractivity contribution in [3.8, 4) is 22.8 Å². The van der Waals surface area contributed by atoms with Crippen molar-refractivity contribution in [1.82, 2.24) is 10.0 Å². The SMILES string of the molecule is FC(F)(F)c1ccc(ON2C3CCCC2CC(Oc2ccc(C(F)(F)F)cc2-c2ccccc2)C3)nc1. The zero-order chi connectivity index (χ0) is 26.2. The molecule has 37 heavy (non-hydrogen) atoms. The number of nitrogens with zero attached hydrogens (tertiary/aromatic N) is 2. The zero-order valence-electron chi connectivity index (χ0n) is 19.6. The Morgan fingerprint density at radius 3 is 2.03 bits per heavy atom. The molecular formula is C27H24F6N2O2. The molecule has 0 amide bonds. The maximum absolute atomic E-state index is 13.4. The van der Waals surface area contributed by atoms with E-state index in [1.807, 2.05) is 0 Å². The van der Waals surface area contributed by atoms with Crippen LogP contribution in [-0.4, -0.2) is 28.2 Å². The lowest BCUT2D eigenvalue weighted by Gasteiger charge is -2.46. The molecule has 2 aliphatic heterocycles. The van der Waals surface area contributed by atoms with Gasteiger partial charge in [-0.1, -0.05) is 36.8 Å². The number of hydroxylamine groups is 2. The zero-order valence-corrected chi connectivity index (χ0v) is 19.6. The highest BCUT2D eigenvalue weighted by molar-refractivity contribution is 5.71. The van der Waals surface area contributed by atoms with E-state index >= 15 is 0 Å². The van der Waals surface area contributed by atoms with Gasteiger partial charge in [-0.3, -0.25) is 0 Å². The lowest BCUT2D eigenvalue weighted by Crippen LogP contribution is -2.55. The summed E-state index contributed by atoms with van der Waals surface area (Å²) in [6, 6.07) is 14.3. The summed E-state index contributed by atoms with van der Waals surface area (Å²) in [4.78, 5) is 9.73. The first-order valence-electron chi connectivity index (χ1n) is 12.0. The third-order valence-corrected chi connectivity index (χ3v) is 6.81.